The van der Waals surface area contributed by atoms with Gasteiger partial charge in [0.05, 0.1) is 17.2 Å². The summed E-state index contributed by atoms with van der Waals surface area (Å²) in [5.41, 5.74) is 4.67. The van der Waals surface area contributed by atoms with Crippen LogP contribution in [0.2, 0.25) is 0 Å². The van der Waals surface area contributed by atoms with E-state index in [4.69, 9.17) is 15.9 Å². The summed E-state index contributed by atoms with van der Waals surface area (Å²) in [6.07, 6.45) is -2.70. The molecule has 6 N–H and O–H groups in total. The normalized spacial score (nSPS) is 13.8. The molecule has 7 nitrogen and oxygen atoms in total. The van der Waals surface area contributed by atoms with E-state index in [1.807, 2.05) is 0 Å². The van der Waals surface area contributed by atoms with Gasteiger partial charge in [-0.15, -0.1) is 0 Å². The van der Waals surface area contributed by atoms with Gasteiger partial charge in [0.15, 0.2) is 0 Å². The van der Waals surface area contributed by atoms with E-state index in [2.05, 4.69) is 0 Å². The number of hydrogen-bond acceptors (Lipinski definition) is 5. The van der Waals surface area contributed by atoms with E-state index < -0.39 is 24.1 Å². The molecule has 0 saturated carbocycles. The Balaban J connectivity index is 3.24. The van der Waals surface area contributed by atoms with Crippen LogP contribution in [-0.2, 0) is 0 Å². The predicted molar refractivity (Wildman–Crippen MR) is 65.0 cm³/mol. The van der Waals surface area contributed by atoms with Crippen molar-refractivity contribution in [2.24, 2.45) is 5.73 Å². The fourth-order valence-corrected chi connectivity index (χ4v) is 1.67. The van der Waals surface area contributed by atoms with Crippen molar-refractivity contribution in [3.05, 3.63) is 34.9 Å². The first kappa shape index (κ1) is 15.1. The average Bonchev–Trinajstić information content (AvgIpc) is 2.37. The molecule has 0 heterocycles. The van der Waals surface area contributed by atoms with Crippen LogP contribution in [0.4, 0.5) is 0 Å². The largest absolute Gasteiger partial charge is 0.478 e. The number of carboxylic acid groups (broad SMARTS) is 2. The van der Waals surface area contributed by atoms with Gasteiger partial charge in [0, 0.05) is 0 Å². The Hall–Kier alpha value is -1.96. The summed E-state index contributed by atoms with van der Waals surface area (Å²) >= 11 is 0. The SMILES string of the molecule is NCCC(O)C(O)c1cc(C(=O)O)ccc1C(=O)O. The van der Waals surface area contributed by atoms with Gasteiger partial charge in [-0.3, -0.25) is 0 Å². The van der Waals surface area contributed by atoms with Crippen molar-refractivity contribution in [3.8, 4) is 0 Å². The van der Waals surface area contributed by atoms with Crippen molar-refractivity contribution in [3.63, 3.8) is 0 Å². The molecule has 0 aliphatic rings. The standard InChI is InChI=1S/C12H15NO6/c13-4-3-9(14)10(15)8-5-6(11(16)17)1-2-7(8)12(18)19/h1-2,5,9-10,14-15H,3-4,13H2,(H,16,17)(H,18,19). The molecule has 1 aromatic carbocycles. The number of nitrogens with two attached hydrogens (primary N) is 1. The zero-order valence-electron chi connectivity index (χ0n) is 9.98. The number of hydrogen-bond donors (Lipinski definition) is 5. The average molecular weight is 269 g/mol. The number of benzene rings is 1. The second-order valence-corrected chi connectivity index (χ2v) is 4.00. The van der Waals surface area contributed by atoms with Crippen molar-refractivity contribution in [1.29, 1.82) is 0 Å². The number of carbonyl (C=O) groups is 2. The first-order valence-electron chi connectivity index (χ1n) is 5.55. The lowest BCUT2D eigenvalue weighted by Crippen LogP contribution is -2.24. The van der Waals surface area contributed by atoms with E-state index in [1.165, 1.54) is 0 Å². The molecule has 0 aliphatic carbocycles. The van der Waals surface area contributed by atoms with Gasteiger partial charge in [-0.2, -0.15) is 0 Å². The molecule has 2 atom stereocenters. The molecule has 104 valence electrons. The van der Waals surface area contributed by atoms with Crippen LogP contribution in [0.1, 0.15) is 38.8 Å². The van der Waals surface area contributed by atoms with E-state index in [1.54, 1.807) is 0 Å². The van der Waals surface area contributed by atoms with Crippen molar-refractivity contribution >= 4 is 11.9 Å². The number of aliphatic hydroxyl groups is 2. The fraction of sp³-hybridized carbons (Fsp3) is 0.333. The van der Waals surface area contributed by atoms with Gasteiger partial charge in [-0.1, -0.05) is 0 Å². The second kappa shape index (κ2) is 6.28. The first-order valence-corrected chi connectivity index (χ1v) is 5.55. The predicted octanol–water partition coefficient (Wildman–Crippen LogP) is -0.174. The van der Waals surface area contributed by atoms with E-state index in [0.717, 1.165) is 18.2 Å². The van der Waals surface area contributed by atoms with Gasteiger partial charge in [0.2, 0.25) is 0 Å². The molecule has 0 fully saturated rings. The molecular formula is C12H15NO6. The maximum atomic E-state index is 11.0. The highest BCUT2D eigenvalue weighted by atomic mass is 16.4. The summed E-state index contributed by atoms with van der Waals surface area (Å²) in [6, 6.07) is 3.24. The lowest BCUT2D eigenvalue weighted by atomic mass is 9.95. The first-order chi connectivity index (χ1) is 8.88. The van der Waals surface area contributed by atoms with Crippen LogP contribution in [0.5, 0.6) is 0 Å². The maximum absolute atomic E-state index is 11.0. The van der Waals surface area contributed by atoms with Crippen molar-refractivity contribution in [1.82, 2.24) is 0 Å². The summed E-state index contributed by atoms with van der Waals surface area (Å²) in [5.74, 6) is -2.57. The van der Waals surface area contributed by atoms with Crippen molar-refractivity contribution < 1.29 is 30.0 Å². The number of carboxylic acids is 2. The highest BCUT2D eigenvalue weighted by Crippen LogP contribution is 2.24. The molecule has 0 aromatic heterocycles. The van der Waals surface area contributed by atoms with Gasteiger partial charge in [0.1, 0.15) is 6.10 Å². The minimum absolute atomic E-state index is 0.0670. The van der Waals surface area contributed by atoms with Gasteiger partial charge < -0.3 is 26.2 Å². The third-order valence-corrected chi connectivity index (χ3v) is 2.67. The van der Waals surface area contributed by atoms with Gasteiger partial charge >= 0.3 is 11.9 Å². The molecule has 1 rings (SSSR count). The van der Waals surface area contributed by atoms with Gasteiger partial charge in [0.25, 0.3) is 0 Å². The highest BCUT2D eigenvalue weighted by molar-refractivity contribution is 5.93. The number of aromatic carboxylic acids is 2. The third-order valence-electron chi connectivity index (χ3n) is 2.67. The maximum Gasteiger partial charge on any atom is 0.336 e. The lowest BCUT2D eigenvalue weighted by Gasteiger charge is -2.19. The summed E-state index contributed by atoms with van der Waals surface area (Å²) in [7, 11) is 0. The van der Waals surface area contributed by atoms with Crippen LogP contribution < -0.4 is 5.73 Å². The molecule has 7 heteroatoms. The van der Waals surface area contributed by atoms with E-state index in [9.17, 15) is 19.8 Å². The molecule has 0 bridgehead atoms. The van der Waals surface area contributed by atoms with Crippen molar-refractivity contribution in [2.45, 2.75) is 18.6 Å². The van der Waals surface area contributed by atoms with Crippen LogP contribution in [-0.4, -0.2) is 45.0 Å². The molecule has 0 radical (unpaired) electrons. The molecule has 2 unspecified atom stereocenters. The molecule has 19 heavy (non-hydrogen) atoms. The van der Waals surface area contributed by atoms with Gasteiger partial charge in [-0.25, -0.2) is 9.59 Å². The second-order valence-electron chi connectivity index (χ2n) is 4.00. The monoisotopic (exact) mass is 269 g/mol. The van der Waals surface area contributed by atoms with Crippen LogP contribution in [0.25, 0.3) is 0 Å². The minimum atomic E-state index is -1.51. The fourth-order valence-electron chi connectivity index (χ4n) is 1.67. The summed E-state index contributed by atoms with van der Waals surface area (Å²) < 4.78 is 0. The quantitative estimate of drug-likeness (QED) is 0.482. The zero-order valence-corrected chi connectivity index (χ0v) is 9.98. The summed E-state index contributed by atoms with van der Waals surface area (Å²) in [4.78, 5) is 21.9. The Morgan fingerprint density at radius 2 is 1.79 bits per heavy atom. The van der Waals surface area contributed by atoms with Crippen LogP contribution in [0, 0.1) is 0 Å². The van der Waals surface area contributed by atoms with Crippen LogP contribution in [0.15, 0.2) is 18.2 Å². The van der Waals surface area contributed by atoms with Gasteiger partial charge in [-0.05, 0) is 36.7 Å². The van der Waals surface area contributed by atoms with E-state index in [0.29, 0.717) is 0 Å². The Bertz CT molecular complexity index is 487. The van der Waals surface area contributed by atoms with Crippen molar-refractivity contribution in [2.75, 3.05) is 6.54 Å². The molecule has 0 amide bonds. The lowest BCUT2D eigenvalue weighted by molar-refractivity contribution is 0.0140. The Kier molecular flexibility index (Phi) is 4.99. The third kappa shape index (κ3) is 3.50. The minimum Gasteiger partial charge on any atom is -0.478 e. The number of aliphatic hydroxyl groups excluding tert-OH is 2. The molecule has 0 spiro atoms. The summed E-state index contributed by atoms with van der Waals surface area (Å²) in [6.45, 7) is 0.110. The molecule has 0 saturated heterocycles. The Morgan fingerprint density at radius 1 is 1.16 bits per heavy atom. The smallest absolute Gasteiger partial charge is 0.336 e. The molecule has 1 aromatic rings. The Labute approximate surface area is 108 Å². The van der Waals surface area contributed by atoms with Crippen LogP contribution in [0.3, 0.4) is 0 Å². The Morgan fingerprint density at radius 3 is 2.26 bits per heavy atom. The number of rotatable bonds is 6. The highest BCUT2D eigenvalue weighted by Gasteiger charge is 2.24. The zero-order chi connectivity index (χ0) is 14.6. The molecule has 0 aliphatic heterocycles. The topological polar surface area (TPSA) is 141 Å². The van der Waals surface area contributed by atoms with Crippen LogP contribution >= 0.6 is 0 Å². The molecular weight excluding hydrogens is 254 g/mol. The summed E-state index contributed by atoms with van der Waals surface area (Å²) in [5, 5.41) is 37.4. The van der Waals surface area contributed by atoms with E-state index >= 15 is 0 Å². The van der Waals surface area contributed by atoms with E-state index in [-0.39, 0.29) is 29.7 Å².